The summed E-state index contributed by atoms with van der Waals surface area (Å²) in [6, 6.07) is 0. The number of likely N-dealkylation sites (N-methyl/N-ethyl adjacent to an activating group) is 1. The summed E-state index contributed by atoms with van der Waals surface area (Å²) >= 11 is 0. The molecule has 1 aromatic rings. The molecule has 1 unspecified atom stereocenters. The molecule has 2 N–H and O–H groups in total. The number of hydrogen-bond acceptors (Lipinski definition) is 6. The summed E-state index contributed by atoms with van der Waals surface area (Å²) in [6.07, 6.45) is 6.67. The van der Waals surface area contributed by atoms with Gasteiger partial charge in [0.2, 0.25) is 5.89 Å². The largest absolute Gasteiger partial charge is 0.384 e. The highest BCUT2D eigenvalue weighted by atomic mass is 16.5. The maximum atomic E-state index is 6.46. The molecule has 2 heterocycles. The van der Waals surface area contributed by atoms with Gasteiger partial charge in [-0.3, -0.25) is 0 Å². The van der Waals surface area contributed by atoms with Gasteiger partial charge in [-0.05, 0) is 26.3 Å². The van der Waals surface area contributed by atoms with Crippen molar-refractivity contribution in [3.05, 3.63) is 11.7 Å². The van der Waals surface area contributed by atoms with E-state index in [0.29, 0.717) is 12.5 Å². The van der Waals surface area contributed by atoms with Gasteiger partial charge in [0.25, 0.3) is 0 Å². The summed E-state index contributed by atoms with van der Waals surface area (Å²) in [5, 5.41) is 4.28. The first-order valence-electron chi connectivity index (χ1n) is 7.89. The fourth-order valence-electron chi connectivity index (χ4n) is 3.78. The molecule has 118 valence electrons. The van der Waals surface area contributed by atoms with Gasteiger partial charge in [0.05, 0.1) is 12.0 Å². The molecule has 0 aromatic carbocycles. The number of likely N-dealkylation sites (tertiary alicyclic amines) is 1. The third-order valence-corrected chi connectivity index (χ3v) is 5.05. The second-order valence-electron chi connectivity index (χ2n) is 6.84. The van der Waals surface area contributed by atoms with E-state index in [1.807, 2.05) is 0 Å². The highest BCUT2D eigenvalue weighted by Gasteiger charge is 2.43. The predicted molar refractivity (Wildman–Crippen MR) is 78.9 cm³/mol. The zero-order valence-electron chi connectivity index (χ0n) is 13.1. The van der Waals surface area contributed by atoms with E-state index in [-0.39, 0.29) is 5.41 Å². The van der Waals surface area contributed by atoms with Gasteiger partial charge >= 0.3 is 0 Å². The fourth-order valence-corrected chi connectivity index (χ4v) is 3.78. The Kier molecular flexibility index (Phi) is 4.03. The molecular formula is C15H26N4O2. The zero-order chi connectivity index (χ0) is 14.9. The molecular weight excluding hydrogens is 268 g/mol. The fraction of sp³-hybridized carbons (Fsp3) is 0.867. The van der Waals surface area contributed by atoms with E-state index in [2.05, 4.69) is 17.1 Å². The molecule has 6 nitrogen and oxygen atoms in total. The van der Waals surface area contributed by atoms with Crippen LogP contribution in [0.2, 0.25) is 0 Å². The summed E-state index contributed by atoms with van der Waals surface area (Å²) in [6.45, 7) is 2.40. The molecule has 1 atom stereocenters. The quantitative estimate of drug-likeness (QED) is 0.904. The second-order valence-corrected chi connectivity index (χ2v) is 6.84. The molecule has 0 radical (unpaired) electrons. The maximum absolute atomic E-state index is 6.46. The van der Waals surface area contributed by atoms with Crippen LogP contribution in [0.4, 0.5) is 0 Å². The van der Waals surface area contributed by atoms with Gasteiger partial charge in [0.1, 0.15) is 5.54 Å². The van der Waals surface area contributed by atoms with Crippen LogP contribution in [0.1, 0.15) is 50.2 Å². The first kappa shape index (κ1) is 14.9. The molecule has 0 spiro atoms. The Morgan fingerprint density at radius 2 is 2.05 bits per heavy atom. The van der Waals surface area contributed by atoms with Crippen molar-refractivity contribution in [3.8, 4) is 0 Å². The molecule has 2 aliphatic rings. The smallest absolute Gasteiger partial charge is 0.248 e. The molecule has 6 heteroatoms. The molecule has 21 heavy (non-hydrogen) atoms. The lowest BCUT2D eigenvalue weighted by molar-refractivity contribution is 0.0961. The molecule has 1 saturated heterocycles. The molecule has 1 aromatic heterocycles. The minimum atomic E-state index is -0.497. The van der Waals surface area contributed by atoms with Crippen LogP contribution < -0.4 is 5.73 Å². The normalized spacial score (nSPS) is 29.9. The topological polar surface area (TPSA) is 77.4 Å². The number of nitrogens with two attached hydrogens (primary N) is 1. The van der Waals surface area contributed by atoms with Crippen LogP contribution >= 0.6 is 0 Å². The third-order valence-electron chi connectivity index (χ3n) is 5.05. The minimum absolute atomic E-state index is 0.0877. The van der Waals surface area contributed by atoms with Gasteiger partial charge in [0.15, 0.2) is 5.82 Å². The van der Waals surface area contributed by atoms with E-state index in [1.165, 1.54) is 19.3 Å². The zero-order valence-corrected chi connectivity index (χ0v) is 13.1. The Labute approximate surface area is 126 Å². The van der Waals surface area contributed by atoms with Crippen molar-refractivity contribution in [1.82, 2.24) is 15.0 Å². The summed E-state index contributed by atoms with van der Waals surface area (Å²) in [5.74, 6) is 1.38. The van der Waals surface area contributed by atoms with Crippen LogP contribution in [-0.2, 0) is 15.7 Å². The van der Waals surface area contributed by atoms with Gasteiger partial charge in [-0.15, -0.1) is 0 Å². The summed E-state index contributed by atoms with van der Waals surface area (Å²) in [4.78, 5) is 6.91. The molecule has 2 fully saturated rings. The van der Waals surface area contributed by atoms with E-state index in [1.54, 1.807) is 7.11 Å². The average Bonchev–Trinajstić information content (AvgIpc) is 3.09. The monoisotopic (exact) mass is 294 g/mol. The summed E-state index contributed by atoms with van der Waals surface area (Å²) < 4.78 is 11.0. The van der Waals surface area contributed by atoms with Crippen LogP contribution in [0, 0.1) is 0 Å². The van der Waals surface area contributed by atoms with Crippen LogP contribution in [0.3, 0.4) is 0 Å². The number of methoxy groups -OCH3 is 1. The summed E-state index contributed by atoms with van der Waals surface area (Å²) in [7, 11) is 3.81. The van der Waals surface area contributed by atoms with Crippen LogP contribution in [0.15, 0.2) is 4.52 Å². The number of hydrogen-bond donors (Lipinski definition) is 1. The third kappa shape index (κ3) is 2.72. The van der Waals surface area contributed by atoms with Gasteiger partial charge in [-0.25, -0.2) is 0 Å². The van der Waals surface area contributed by atoms with Crippen LogP contribution in [0.5, 0.6) is 0 Å². The van der Waals surface area contributed by atoms with Crippen molar-refractivity contribution < 1.29 is 9.26 Å². The second kappa shape index (κ2) is 5.66. The Balaban J connectivity index is 1.86. The van der Waals surface area contributed by atoms with Gasteiger partial charge < -0.3 is 19.9 Å². The Bertz CT molecular complexity index is 478. The predicted octanol–water partition coefficient (Wildman–Crippen LogP) is 1.41. The number of aromatic nitrogens is 2. The standard InChI is InChI=1S/C15H26N4O2/c1-19-9-8-15(16,10-19)13-17-12(18-21-13)14(11-20-2)6-4-3-5-7-14/h3-11,16H2,1-2H3. The van der Waals surface area contributed by atoms with Crippen LogP contribution in [-0.4, -0.2) is 48.9 Å². The average molecular weight is 294 g/mol. The van der Waals surface area contributed by atoms with Crippen molar-refractivity contribution in [2.24, 2.45) is 5.73 Å². The maximum Gasteiger partial charge on any atom is 0.248 e. The van der Waals surface area contributed by atoms with E-state index < -0.39 is 5.54 Å². The van der Waals surface area contributed by atoms with Crippen molar-refractivity contribution >= 4 is 0 Å². The highest BCUT2D eigenvalue weighted by Crippen LogP contribution is 2.39. The van der Waals surface area contributed by atoms with Crippen molar-refractivity contribution in [1.29, 1.82) is 0 Å². The SMILES string of the molecule is COCC1(c2noc(C3(N)CCN(C)C3)n2)CCCCC1. The van der Waals surface area contributed by atoms with E-state index in [9.17, 15) is 0 Å². The molecule has 0 bridgehead atoms. The molecule has 1 aliphatic heterocycles. The minimum Gasteiger partial charge on any atom is -0.384 e. The number of nitrogens with zero attached hydrogens (tertiary/aromatic N) is 3. The number of ether oxygens (including phenoxy) is 1. The van der Waals surface area contributed by atoms with Gasteiger partial charge in [-0.1, -0.05) is 24.4 Å². The lowest BCUT2D eigenvalue weighted by Gasteiger charge is -2.33. The summed E-state index contributed by atoms with van der Waals surface area (Å²) in [5.41, 5.74) is 5.88. The van der Waals surface area contributed by atoms with Crippen LogP contribution in [0.25, 0.3) is 0 Å². The molecule has 0 amide bonds. The highest BCUT2D eigenvalue weighted by molar-refractivity contribution is 5.13. The van der Waals surface area contributed by atoms with Crippen molar-refractivity contribution in [2.45, 2.75) is 49.5 Å². The molecule has 1 saturated carbocycles. The van der Waals surface area contributed by atoms with E-state index in [4.69, 9.17) is 20.0 Å². The molecule has 1 aliphatic carbocycles. The lowest BCUT2D eigenvalue weighted by atomic mass is 9.74. The molecule has 3 rings (SSSR count). The first-order chi connectivity index (χ1) is 10.1. The van der Waals surface area contributed by atoms with E-state index >= 15 is 0 Å². The van der Waals surface area contributed by atoms with Gasteiger partial charge in [0, 0.05) is 20.2 Å². The Morgan fingerprint density at radius 3 is 2.67 bits per heavy atom. The lowest BCUT2D eigenvalue weighted by Crippen LogP contribution is -2.40. The number of rotatable bonds is 4. The Morgan fingerprint density at radius 1 is 1.29 bits per heavy atom. The van der Waals surface area contributed by atoms with Gasteiger partial charge in [-0.2, -0.15) is 4.98 Å². The van der Waals surface area contributed by atoms with E-state index in [0.717, 1.165) is 38.2 Å². The van der Waals surface area contributed by atoms with Crippen molar-refractivity contribution in [3.63, 3.8) is 0 Å². The Hall–Kier alpha value is -0.980. The first-order valence-corrected chi connectivity index (χ1v) is 7.89. The van der Waals surface area contributed by atoms with Crippen molar-refractivity contribution in [2.75, 3.05) is 33.9 Å².